The normalized spacial score (nSPS) is 20.0. The molecular formula is C17H22FN3. The highest BCUT2D eigenvalue weighted by molar-refractivity contribution is 5.82. The van der Waals surface area contributed by atoms with E-state index in [1.807, 2.05) is 13.1 Å². The predicted octanol–water partition coefficient (Wildman–Crippen LogP) is 2.81. The summed E-state index contributed by atoms with van der Waals surface area (Å²) in [5.41, 5.74) is 1.92. The molecule has 2 aromatic rings. The number of halogens is 1. The van der Waals surface area contributed by atoms with Gasteiger partial charge in [-0.25, -0.2) is 4.39 Å². The smallest absolute Gasteiger partial charge is 0.132 e. The maximum absolute atomic E-state index is 13.8. The second kappa shape index (κ2) is 6.50. The average molecular weight is 287 g/mol. The summed E-state index contributed by atoms with van der Waals surface area (Å²) in [6.45, 7) is 4.14. The second-order valence-corrected chi connectivity index (χ2v) is 5.91. The number of pyridine rings is 1. The van der Waals surface area contributed by atoms with Crippen LogP contribution in [0.3, 0.4) is 0 Å². The largest absolute Gasteiger partial charge is 0.319 e. The summed E-state index contributed by atoms with van der Waals surface area (Å²) in [4.78, 5) is 6.85. The van der Waals surface area contributed by atoms with E-state index in [1.165, 1.54) is 12.8 Å². The van der Waals surface area contributed by atoms with Crippen molar-refractivity contribution >= 4 is 10.9 Å². The van der Waals surface area contributed by atoms with Gasteiger partial charge in [0.1, 0.15) is 5.82 Å². The lowest BCUT2D eigenvalue weighted by molar-refractivity contribution is 0.167. The first-order valence-corrected chi connectivity index (χ1v) is 7.67. The van der Waals surface area contributed by atoms with Gasteiger partial charge in [0, 0.05) is 24.7 Å². The molecule has 0 bridgehead atoms. The predicted molar refractivity (Wildman–Crippen MR) is 83.6 cm³/mol. The molecule has 1 aliphatic heterocycles. The van der Waals surface area contributed by atoms with E-state index in [2.05, 4.69) is 15.2 Å². The first kappa shape index (κ1) is 14.4. The Morgan fingerprint density at radius 3 is 3.14 bits per heavy atom. The van der Waals surface area contributed by atoms with Gasteiger partial charge in [-0.2, -0.15) is 0 Å². The van der Waals surface area contributed by atoms with Gasteiger partial charge in [-0.3, -0.25) is 9.88 Å². The molecule has 1 N–H and O–H groups in total. The molecule has 0 amide bonds. The number of nitrogens with zero attached hydrogens (tertiary/aromatic N) is 2. The molecule has 3 rings (SSSR count). The summed E-state index contributed by atoms with van der Waals surface area (Å²) in [6, 6.07) is 7.04. The third-order valence-electron chi connectivity index (χ3n) is 4.29. The van der Waals surface area contributed by atoms with Crippen LogP contribution in [0.4, 0.5) is 4.39 Å². The summed E-state index contributed by atoms with van der Waals surface area (Å²) in [5, 5.41) is 3.89. The second-order valence-electron chi connectivity index (χ2n) is 5.91. The fourth-order valence-electron chi connectivity index (χ4n) is 3.32. The number of benzene rings is 1. The van der Waals surface area contributed by atoms with Gasteiger partial charge in [0.2, 0.25) is 0 Å². The van der Waals surface area contributed by atoms with E-state index in [1.54, 1.807) is 24.4 Å². The van der Waals surface area contributed by atoms with Gasteiger partial charge in [-0.1, -0.05) is 6.07 Å². The Labute approximate surface area is 125 Å². The number of fused-ring (bicyclic) bond motifs is 1. The monoisotopic (exact) mass is 287 g/mol. The minimum Gasteiger partial charge on any atom is -0.319 e. The van der Waals surface area contributed by atoms with Crippen LogP contribution in [0.25, 0.3) is 10.9 Å². The molecule has 1 atom stereocenters. The highest BCUT2D eigenvalue weighted by atomic mass is 19.1. The Morgan fingerprint density at radius 1 is 1.38 bits per heavy atom. The third kappa shape index (κ3) is 3.22. The zero-order valence-electron chi connectivity index (χ0n) is 12.5. The van der Waals surface area contributed by atoms with Crippen LogP contribution >= 0.6 is 0 Å². The summed E-state index contributed by atoms with van der Waals surface area (Å²) in [5.74, 6) is 0.525. The molecule has 1 aliphatic rings. The first-order chi connectivity index (χ1) is 10.3. The Kier molecular flexibility index (Phi) is 4.46. The molecule has 1 aromatic heterocycles. The molecule has 0 aliphatic carbocycles. The fourth-order valence-corrected chi connectivity index (χ4v) is 3.32. The Morgan fingerprint density at radius 2 is 2.29 bits per heavy atom. The number of hydrogen-bond acceptors (Lipinski definition) is 3. The molecule has 0 radical (unpaired) electrons. The van der Waals surface area contributed by atoms with Crippen molar-refractivity contribution < 1.29 is 4.39 Å². The highest BCUT2D eigenvalue weighted by Crippen LogP contribution is 2.23. The van der Waals surface area contributed by atoms with E-state index in [9.17, 15) is 4.39 Å². The van der Waals surface area contributed by atoms with Gasteiger partial charge >= 0.3 is 0 Å². The molecule has 1 fully saturated rings. The van der Waals surface area contributed by atoms with Crippen LogP contribution in [0.2, 0.25) is 0 Å². The van der Waals surface area contributed by atoms with Crippen molar-refractivity contribution in [3.8, 4) is 0 Å². The summed E-state index contributed by atoms with van der Waals surface area (Å²) in [7, 11) is 2.01. The van der Waals surface area contributed by atoms with Crippen LogP contribution in [-0.2, 0) is 6.54 Å². The van der Waals surface area contributed by atoms with E-state index in [0.717, 1.165) is 37.3 Å². The SMILES string of the molecule is CNCC1CCCN(Cc2ccc(F)c3cccnc23)C1. The number of hydrogen-bond donors (Lipinski definition) is 1. The van der Waals surface area contributed by atoms with Crippen LogP contribution < -0.4 is 5.32 Å². The molecule has 112 valence electrons. The topological polar surface area (TPSA) is 28.2 Å². The number of piperidine rings is 1. The quantitative estimate of drug-likeness (QED) is 0.937. The molecule has 3 nitrogen and oxygen atoms in total. The molecule has 1 unspecified atom stereocenters. The Bertz CT molecular complexity index is 612. The molecular weight excluding hydrogens is 265 g/mol. The van der Waals surface area contributed by atoms with Crippen molar-refractivity contribution in [3.63, 3.8) is 0 Å². The molecule has 1 aromatic carbocycles. The van der Waals surface area contributed by atoms with Gasteiger partial charge in [0.05, 0.1) is 5.52 Å². The first-order valence-electron chi connectivity index (χ1n) is 7.67. The van der Waals surface area contributed by atoms with E-state index < -0.39 is 0 Å². The Balaban J connectivity index is 1.80. The van der Waals surface area contributed by atoms with E-state index in [0.29, 0.717) is 11.3 Å². The van der Waals surface area contributed by atoms with Crippen molar-refractivity contribution in [2.24, 2.45) is 5.92 Å². The van der Waals surface area contributed by atoms with Crippen molar-refractivity contribution in [3.05, 3.63) is 41.8 Å². The summed E-state index contributed by atoms with van der Waals surface area (Å²) >= 11 is 0. The van der Waals surface area contributed by atoms with Crippen LogP contribution in [0.1, 0.15) is 18.4 Å². The van der Waals surface area contributed by atoms with Gasteiger partial charge < -0.3 is 5.32 Å². The standard InChI is InChI=1S/C17H22FN3/c1-19-10-13-4-3-9-21(11-13)12-14-6-7-16(18)15-5-2-8-20-17(14)15/h2,5-8,13,19H,3-4,9-12H2,1H3. The minimum atomic E-state index is -0.187. The molecule has 21 heavy (non-hydrogen) atoms. The minimum absolute atomic E-state index is 0.187. The lowest BCUT2D eigenvalue weighted by Crippen LogP contribution is -2.38. The van der Waals surface area contributed by atoms with Crippen LogP contribution in [0, 0.1) is 11.7 Å². The third-order valence-corrected chi connectivity index (χ3v) is 4.29. The van der Waals surface area contributed by atoms with Crippen LogP contribution in [-0.4, -0.2) is 36.6 Å². The zero-order chi connectivity index (χ0) is 14.7. The Hall–Kier alpha value is -1.52. The summed E-state index contributed by atoms with van der Waals surface area (Å²) < 4.78 is 13.8. The molecule has 0 spiro atoms. The van der Waals surface area contributed by atoms with E-state index in [-0.39, 0.29) is 5.82 Å². The fraction of sp³-hybridized carbons (Fsp3) is 0.471. The number of nitrogens with one attached hydrogen (secondary N) is 1. The van der Waals surface area contributed by atoms with E-state index >= 15 is 0 Å². The molecule has 1 saturated heterocycles. The lowest BCUT2D eigenvalue weighted by Gasteiger charge is -2.32. The van der Waals surface area contributed by atoms with Gasteiger partial charge in [-0.15, -0.1) is 0 Å². The van der Waals surface area contributed by atoms with Gasteiger partial charge in [0.25, 0.3) is 0 Å². The van der Waals surface area contributed by atoms with Gasteiger partial charge in [0.15, 0.2) is 0 Å². The molecule has 0 saturated carbocycles. The van der Waals surface area contributed by atoms with Crippen molar-refractivity contribution in [1.82, 2.24) is 15.2 Å². The maximum Gasteiger partial charge on any atom is 0.132 e. The van der Waals surface area contributed by atoms with Crippen molar-refractivity contribution in [2.45, 2.75) is 19.4 Å². The number of aromatic nitrogens is 1. The maximum atomic E-state index is 13.8. The summed E-state index contributed by atoms with van der Waals surface area (Å²) in [6.07, 6.45) is 4.27. The van der Waals surface area contributed by atoms with E-state index in [4.69, 9.17) is 0 Å². The van der Waals surface area contributed by atoms with Crippen molar-refractivity contribution in [1.29, 1.82) is 0 Å². The molecule has 2 heterocycles. The number of rotatable bonds is 4. The highest BCUT2D eigenvalue weighted by Gasteiger charge is 2.20. The molecule has 4 heteroatoms. The van der Waals surface area contributed by atoms with Gasteiger partial charge in [-0.05, 0) is 62.7 Å². The zero-order valence-corrected chi connectivity index (χ0v) is 12.5. The van der Waals surface area contributed by atoms with Crippen LogP contribution in [0.5, 0.6) is 0 Å². The van der Waals surface area contributed by atoms with Crippen LogP contribution in [0.15, 0.2) is 30.5 Å². The lowest BCUT2D eigenvalue weighted by atomic mass is 9.97. The van der Waals surface area contributed by atoms with Crippen molar-refractivity contribution in [2.75, 3.05) is 26.7 Å². The number of likely N-dealkylation sites (tertiary alicyclic amines) is 1. The average Bonchev–Trinajstić information content (AvgIpc) is 2.51.